The highest BCUT2D eigenvalue weighted by Gasteiger charge is 2.51. The summed E-state index contributed by atoms with van der Waals surface area (Å²) in [6, 6.07) is 0. The second kappa shape index (κ2) is 4.31. The standard InChI is InChI=1S/C11H15NO4S2/c1-3-18(15,16)11(5-4-6-11)10-12-7(2)8(17-10)9(13)14/h3-6H2,1-2H3,(H,13,14). The molecular formula is C11H15NO4S2. The molecule has 0 atom stereocenters. The summed E-state index contributed by atoms with van der Waals surface area (Å²) in [5.74, 6) is -0.978. The van der Waals surface area contributed by atoms with Crippen LogP contribution < -0.4 is 0 Å². The van der Waals surface area contributed by atoms with Gasteiger partial charge in [-0.1, -0.05) is 6.92 Å². The topological polar surface area (TPSA) is 84.3 Å². The fourth-order valence-corrected chi connectivity index (χ4v) is 5.55. The summed E-state index contributed by atoms with van der Waals surface area (Å²) < 4.78 is 23.5. The van der Waals surface area contributed by atoms with Crippen LogP contribution >= 0.6 is 11.3 Å². The third-order valence-electron chi connectivity index (χ3n) is 3.52. The van der Waals surface area contributed by atoms with Crippen molar-refractivity contribution in [2.24, 2.45) is 0 Å². The van der Waals surface area contributed by atoms with Crippen molar-refractivity contribution in [3.8, 4) is 0 Å². The molecule has 1 N–H and O–H groups in total. The average Bonchev–Trinajstić information content (AvgIpc) is 2.58. The van der Waals surface area contributed by atoms with E-state index in [0.717, 1.165) is 17.8 Å². The minimum atomic E-state index is -3.25. The molecule has 0 bridgehead atoms. The van der Waals surface area contributed by atoms with Crippen LogP contribution in [-0.2, 0) is 14.6 Å². The smallest absolute Gasteiger partial charge is 0.347 e. The Balaban J connectivity index is 2.53. The molecular weight excluding hydrogens is 274 g/mol. The number of hydrogen-bond acceptors (Lipinski definition) is 5. The summed E-state index contributed by atoms with van der Waals surface area (Å²) >= 11 is 1.00. The number of carboxylic acids is 1. The quantitative estimate of drug-likeness (QED) is 0.916. The first kappa shape index (κ1) is 13.5. The van der Waals surface area contributed by atoms with Gasteiger partial charge in [0.05, 0.1) is 5.69 Å². The van der Waals surface area contributed by atoms with Gasteiger partial charge in [-0.3, -0.25) is 0 Å². The first-order chi connectivity index (χ1) is 8.34. The number of nitrogens with zero attached hydrogens (tertiary/aromatic N) is 1. The van der Waals surface area contributed by atoms with E-state index in [1.54, 1.807) is 13.8 Å². The summed E-state index contributed by atoms with van der Waals surface area (Å²) in [4.78, 5) is 15.3. The molecule has 0 aromatic carbocycles. The van der Waals surface area contributed by atoms with E-state index in [1.807, 2.05) is 0 Å². The molecule has 0 spiro atoms. The van der Waals surface area contributed by atoms with Crippen LogP contribution in [0.5, 0.6) is 0 Å². The Kier molecular flexibility index (Phi) is 3.23. The molecule has 1 aromatic rings. The SMILES string of the molecule is CCS(=O)(=O)C1(c2nc(C)c(C(=O)O)s2)CCC1. The lowest BCUT2D eigenvalue weighted by molar-refractivity contribution is 0.0701. The third kappa shape index (κ3) is 1.76. The minimum Gasteiger partial charge on any atom is -0.477 e. The van der Waals surface area contributed by atoms with Crippen molar-refractivity contribution >= 4 is 27.1 Å². The van der Waals surface area contributed by atoms with Gasteiger partial charge in [-0.05, 0) is 26.2 Å². The van der Waals surface area contributed by atoms with Gasteiger partial charge >= 0.3 is 5.97 Å². The Labute approximate surface area is 110 Å². The number of aromatic carboxylic acids is 1. The molecule has 1 saturated carbocycles. The number of aromatic nitrogens is 1. The van der Waals surface area contributed by atoms with Gasteiger partial charge in [-0.15, -0.1) is 11.3 Å². The minimum absolute atomic E-state index is 0.0635. The van der Waals surface area contributed by atoms with Gasteiger partial charge in [0.25, 0.3) is 0 Å². The van der Waals surface area contributed by atoms with Crippen molar-refractivity contribution in [2.45, 2.75) is 37.9 Å². The summed E-state index contributed by atoms with van der Waals surface area (Å²) in [7, 11) is -3.25. The zero-order chi connectivity index (χ0) is 13.6. The predicted molar refractivity (Wildman–Crippen MR) is 68.8 cm³/mol. The van der Waals surface area contributed by atoms with Crippen LogP contribution in [-0.4, -0.2) is 30.2 Å². The Bertz CT molecular complexity index is 584. The maximum Gasteiger partial charge on any atom is 0.347 e. The van der Waals surface area contributed by atoms with Crippen LogP contribution in [0.15, 0.2) is 0 Å². The molecule has 2 rings (SSSR count). The molecule has 1 aliphatic carbocycles. The summed E-state index contributed by atoms with van der Waals surface area (Å²) in [5, 5.41) is 9.47. The van der Waals surface area contributed by atoms with E-state index in [0.29, 0.717) is 23.5 Å². The molecule has 7 heteroatoms. The maximum absolute atomic E-state index is 12.2. The van der Waals surface area contributed by atoms with E-state index in [1.165, 1.54) is 0 Å². The number of rotatable bonds is 4. The molecule has 1 aromatic heterocycles. The first-order valence-corrected chi connectivity index (χ1v) is 8.24. The molecule has 1 fully saturated rings. The van der Waals surface area contributed by atoms with Crippen LogP contribution in [0.1, 0.15) is 46.6 Å². The highest BCUT2D eigenvalue weighted by molar-refractivity contribution is 7.92. The molecule has 1 heterocycles. The number of sulfone groups is 1. The van der Waals surface area contributed by atoms with Gasteiger partial charge in [0, 0.05) is 5.75 Å². The second-order valence-electron chi connectivity index (χ2n) is 4.49. The third-order valence-corrected chi connectivity index (χ3v) is 7.55. The van der Waals surface area contributed by atoms with E-state index in [2.05, 4.69) is 4.98 Å². The van der Waals surface area contributed by atoms with Crippen molar-refractivity contribution in [1.82, 2.24) is 4.98 Å². The van der Waals surface area contributed by atoms with Crippen LogP contribution in [0.25, 0.3) is 0 Å². The molecule has 0 saturated heterocycles. The van der Waals surface area contributed by atoms with Crippen LogP contribution in [0.2, 0.25) is 0 Å². The maximum atomic E-state index is 12.2. The van der Waals surface area contributed by atoms with Gasteiger partial charge in [0.15, 0.2) is 9.84 Å². The highest BCUT2D eigenvalue weighted by Crippen LogP contribution is 2.50. The Morgan fingerprint density at radius 2 is 2.11 bits per heavy atom. The first-order valence-electron chi connectivity index (χ1n) is 5.77. The monoisotopic (exact) mass is 289 g/mol. The van der Waals surface area contributed by atoms with Crippen molar-refractivity contribution in [3.63, 3.8) is 0 Å². The molecule has 0 amide bonds. The summed E-state index contributed by atoms with van der Waals surface area (Å²) in [6.07, 6.45) is 1.95. The van der Waals surface area contributed by atoms with Gasteiger partial charge < -0.3 is 5.11 Å². The predicted octanol–water partition coefficient (Wildman–Crippen LogP) is 1.96. The summed E-state index contributed by atoms with van der Waals surface area (Å²) in [6.45, 7) is 3.22. The number of aryl methyl sites for hydroxylation is 1. The largest absolute Gasteiger partial charge is 0.477 e. The van der Waals surface area contributed by atoms with Crippen molar-refractivity contribution in [3.05, 3.63) is 15.6 Å². The molecule has 18 heavy (non-hydrogen) atoms. The number of carboxylic acid groups (broad SMARTS) is 1. The van der Waals surface area contributed by atoms with Gasteiger partial charge in [0.1, 0.15) is 14.6 Å². The zero-order valence-electron chi connectivity index (χ0n) is 10.3. The zero-order valence-corrected chi connectivity index (χ0v) is 11.9. The second-order valence-corrected chi connectivity index (χ2v) is 8.08. The fourth-order valence-electron chi connectivity index (χ4n) is 2.22. The number of carbonyl (C=O) groups is 1. The van der Waals surface area contributed by atoms with E-state index < -0.39 is 20.6 Å². The average molecular weight is 289 g/mol. The van der Waals surface area contributed by atoms with E-state index >= 15 is 0 Å². The molecule has 0 unspecified atom stereocenters. The van der Waals surface area contributed by atoms with Gasteiger partial charge in [0.2, 0.25) is 0 Å². The van der Waals surface area contributed by atoms with E-state index in [9.17, 15) is 13.2 Å². The number of thiazole rings is 1. The molecule has 0 aliphatic heterocycles. The molecule has 100 valence electrons. The Hall–Kier alpha value is -0.950. The van der Waals surface area contributed by atoms with Gasteiger partial charge in [-0.25, -0.2) is 18.2 Å². The van der Waals surface area contributed by atoms with Crippen LogP contribution in [0.3, 0.4) is 0 Å². The molecule has 5 nitrogen and oxygen atoms in total. The normalized spacial score (nSPS) is 18.3. The van der Waals surface area contributed by atoms with Crippen LogP contribution in [0.4, 0.5) is 0 Å². The van der Waals surface area contributed by atoms with Crippen molar-refractivity contribution in [1.29, 1.82) is 0 Å². The number of hydrogen-bond donors (Lipinski definition) is 1. The highest BCUT2D eigenvalue weighted by atomic mass is 32.2. The fraction of sp³-hybridized carbons (Fsp3) is 0.636. The lowest BCUT2D eigenvalue weighted by Crippen LogP contribution is -2.43. The van der Waals surface area contributed by atoms with Crippen LogP contribution in [0, 0.1) is 6.92 Å². The summed E-state index contributed by atoms with van der Waals surface area (Å²) in [5.41, 5.74) is 0.403. The Morgan fingerprint density at radius 3 is 2.44 bits per heavy atom. The Morgan fingerprint density at radius 1 is 1.50 bits per heavy atom. The lowest BCUT2D eigenvalue weighted by atomic mass is 9.85. The van der Waals surface area contributed by atoms with E-state index in [4.69, 9.17) is 5.11 Å². The lowest BCUT2D eigenvalue weighted by Gasteiger charge is -2.38. The van der Waals surface area contributed by atoms with Gasteiger partial charge in [-0.2, -0.15) is 0 Å². The molecule has 1 aliphatic rings. The van der Waals surface area contributed by atoms with E-state index in [-0.39, 0.29) is 10.6 Å². The van der Waals surface area contributed by atoms with Crippen molar-refractivity contribution < 1.29 is 18.3 Å². The van der Waals surface area contributed by atoms with Crippen molar-refractivity contribution in [2.75, 3.05) is 5.75 Å². The molecule has 0 radical (unpaired) electrons.